The molecule has 1 atom stereocenters. The molecule has 4 rings (SSSR count). The number of nitrogens with zero attached hydrogens (tertiary/aromatic N) is 4. The first kappa shape index (κ1) is 21.1. The van der Waals surface area contributed by atoms with E-state index in [1.807, 2.05) is 26.1 Å². The molecule has 2 heterocycles. The maximum atomic E-state index is 12.9. The number of methoxy groups -OCH3 is 1. The molecule has 1 fully saturated rings. The summed E-state index contributed by atoms with van der Waals surface area (Å²) in [5.41, 5.74) is 1.44. The van der Waals surface area contributed by atoms with Gasteiger partial charge in [0.05, 0.1) is 12.6 Å². The lowest BCUT2D eigenvalue weighted by molar-refractivity contribution is 0.0886. The number of aromatic nitrogens is 2. The maximum absolute atomic E-state index is 12.9. The number of hydrogen-bond acceptors (Lipinski definition) is 7. The van der Waals surface area contributed by atoms with E-state index in [1.54, 1.807) is 29.2 Å². The molecule has 0 spiro atoms. The number of piperazine rings is 1. The van der Waals surface area contributed by atoms with Crippen LogP contribution in [0.2, 0.25) is 5.02 Å². The average Bonchev–Trinajstić information content (AvgIpc) is 2.73. The number of nitrogens with one attached hydrogen (secondary N) is 1. The number of carbonyl (C=O) groups excluding carboxylic acids is 1. The smallest absolute Gasteiger partial charge is 0.415 e. The van der Waals surface area contributed by atoms with Gasteiger partial charge in [-0.05, 0) is 38.2 Å². The summed E-state index contributed by atoms with van der Waals surface area (Å²) < 4.78 is 11.2. The van der Waals surface area contributed by atoms with Crippen molar-refractivity contribution in [3.63, 3.8) is 0 Å². The highest BCUT2D eigenvalue weighted by Crippen LogP contribution is 2.35. The summed E-state index contributed by atoms with van der Waals surface area (Å²) in [5.74, 6) is 1.31. The zero-order chi connectivity index (χ0) is 22.0. The van der Waals surface area contributed by atoms with Gasteiger partial charge in [0.15, 0.2) is 11.5 Å². The molecule has 1 aliphatic rings. The predicted molar refractivity (Wildman–Crippen MR) is 121 cm³/mol. The molecule has 8 nitrogen and oxygen atoms in total. The fourth-order valence-electron chi connectivity index (χ4n) is 3.67. The summed E-state index contributed by atoms with van der Waals surface area (Å²) in [5, 5.41) is 4.55. The second-order valence-corrected chi connectivity index (χ2v) is 7.99. The van der Waals surface area contributed by atoms with Crippen LogP contribution in [-0.4, -0.2) is 65.7 Å². The van der Waals surface area contributed by atoms with Gasteiger partial charge in [-0.2, -0.15) is 0 Å². The predicted octanol–water partition coefficient (Wildman–Crippen LogP) is 4.17. The van der Waals surface area contributed by atoms with Gasteiger partial charge in [-0.3, -0.25) is 0 Å². The minimum Gasteiger partial charge on any atom is -0.493 e. The molecule has 0 aliphatic carbocycles. The molecule has 3 aromatic rings. The Kier molecular flexibility index (Phi) is 6.11. The van der Waals surface area contributed by atoms with Crippen molar-refractivity contribution in [3.05, 3.63) is 47.7 Å². The second kappa shape index (κ2) is 8.95. The molecule has 0 radical (unpaired) electrons. The van der Waals surface area contributed by atoms with Crippen LogP contribution >= 0.6 is 11.6 Å². The van der Waals surface area contributed by atoms with Crippen molar-refractivity contribution in [3.8, 4) is 11.5 Å². The van der Waals surface area contributed by atoms with Crippen LogP contribution in [0.25, 0.3) is 10.9 Å². The number of amides is 1. The van der Waals surface area contributed by atoms with Gasteiger partial charge in [-0.25, -0.2) is 14.8 Å². The third kappa shape index (κ3) is 4.65. The van der Waals surface area contributed by atoms with Gasteiger partial charge in [-0.15, -0.1) is 0 Å². The van der Waals surface area contributed by atoms with Crippen LogP contribution in [-0.2, 0) is 0 Å². The van der Waals surface area contributed by atoms with Crippen LogP contribution in [0.1, 0.15) is 6.92 Å². The molecule has 1 saturated heterocycles. The Hall–Kier alpha value is -3.10. The summed E-state index contributed by atoms with van der Waals surface area (Å²) in [6.07, 6.45) is 1.06. The Morgan fingerprint density at radius 2 is 2.03 bits per heavy atom. The average molecular weight is 442 g/mol. The molecular formula is C22H24ClN5O3. The first-order valence-electron chi connectivity index (χ1n) is 9.97. The number of fused-ring (bicyclic) bond motifs is 1. The first-order valence-corrected chi connectivity index (χ1v) is 10.3. The highest BCUT2D eigenvalue weighted by molar-refractivity contribution is 6.30. The third-order valence-electron chi connectivity index (χ3n) is 5.27. The lowest BCUT2D eigenvalue weighted by atomic mass is 10.2. The van der Waals surface area contributed by atoms with Gasteiger partial charge in [0.25, 0.3) is 0 Å². The van der Waals surface area contributed by atoms with E-state index in [0.29, 0.717) is 39.8 Å². The van der Waals surface area contributed by atoms with Gasteiger partial charge < -0.3 is 24.6 Å². The SMILES string of the molecule is COc1cc2ncnc(Nc3cccc(Cl)c3)c2cc1OC(=O)N1CCN(C)CC1C. The fraction of sp³-hybridized carbons (Fsp3) is 0.318. The summed E-state index contributed by atoms with van der Waals surface area (Å²) in [7, 11) is 3.57. The van der Waals surface area contributed by atoms with Gasteiger partial charge in [0.1, 0.15) is 12.1 Å². The van der Waals surface area contributed by atoms with Crippen molar-refractivity contribution in [1.82, 2.24) is 19.8 Å². The Morgan fingerprint density at radius 3 is 2.77 bits per heavy atom. The maximum Gasteiger partial charge on any atom is 0.415 e. The van der Waals surface area contributed by atoms with Crippen LogP contribution < -0.4 is 14.8 Å². The fourth-order valence-corrected chi connectivity index (χ4v) is 3.86. The van der Waals surface area contributed by atoms with Crippen LogP contribution in [0, 0.1) is 0 Å². The van der Waals surface area contributed by atoms with Gasteiger partial charge in [0, 0.05) is 47.8 Å². The normalized spacial score (nSPS) is 16.9. The Balaban J connectivity index is 1.66. The summed E-state index contributed by atoms with van der Waals surface area (Å²) in [4.78, 5) is 25.5. The number of halogens is 1. The van der Waals surface area contributed by atoms with Crippen LogP contribution in [0.3, 0.4) is 0 Å². The standard InChI is InChI=1S/C22H24ClN5O3/c1-14-12-27(2)7-8-28(14)22(29)31-20-10-17-18(11-19(20)30-3)24-13-25-21(17)26-16-6-4-5-15(23)9-16/h4-6,9-11,13-14H,7-8,12H2,1-3H3,(H,24,25,26). The number of rotatable bonds is 4. The van der Waals surface area contributed by atoms with Crippen LogP contribution in [0.15, 0.2) is 42.7 Å². The van der Waals surface area contributed by atoms with E-state index in [1.165, 1.54) is 13.4 Å². The first-order chi connectivity index (χ1) is 14.9. The van der Waals surface area contributed by atoms with E-state index in [0.717, 1.165) is 18.8 Å². The van der Waals surface area contributed by atoms with Gasteiger partial charge in [-0.1, -0.05) is 17.7 Å². The molecule has 1 aliphatic heterocycles. The monoisotopic (exact) mass is 441 g/mol. The number of hydrogen-bond donors (Lipinski definition) is 1. The van der Waals surface area contributed by atoms with E-state index in [4.69, 9.17) is 21.1 Å². The molecule has 2 aromatic carbocycles. The number of carbonyl (C=O) groups is 1. The minimum absolute atomic E-state index is 0.0566. The minimum atomic E-state index is -0.403. The molecule has 1 N–H and O–H groups in total. The molecule has 9 heteroatoms. The van der Waals surface area contributed by atoms with E-state index in [2.05, 4.69) is 20.2 Å². The number of likely N-dealkylation sites (N-methyl/N-ethyl adjacent to an activating group) is 1. The summed E-state index contributed by atoms with van der Waals surface area (Å²) >= 11 is 6.09. The number of anilines is 2. The Morgan fingerprint density at radius 1 is 1.19 bits per heavy atom. The topological polar surface area (TPSA) is 79.8 Å². The summed E-state index contributed by atoms with van der Waals surface area (Å²) in [6.45, 7) is 4.22. The zero-order valence-corrected chi connectivity index (χ0v) is 18.4. The highest BCUT2D eigenvalue weighted by Gasteiger charge is 2.28. The number of benzene rings is 2. The van der Waals surface area contributed by atoms with Crippen molar-refractivity contribution in [2.75, 3.05) is 39.1 Å². The molecule has 1 amide bonds. The van der Waals surface area contributed by atoms with Gasteiger partial charge in [0.2, 0.25) is 0 Å². The second-order valence-electron chi connectivity index (χ2n) is 7.55. The Bertz CT molecular complexity index is 1110. The molecule has 162 valence electrons. The van der Waals surface area contributed by atoms with E-state index in [-0.39, 0.29) is 6.04 Å². The highest BCUT2D eigenvalue weighted by atomic mass is 35.5. The quantitative estimate of drug-likeness (QED) is 0.650. The zero-order valence-electron chi connectivity index (χ0n) is 17.6. The van der Waals surface area contributed by atoms with Gasteiger partial charge >= 0.3 is 6.09 Å². The molecule has 0 bridgehead atoms. The third-order valence-corrected chi connectivity index (χ3v) is 5.51. The largest absolute Gasteiger partial charge is 0.493 e. The molecule has 1 aromatic heterocycles. The number of ether oxygens (including phenoxy) is 2. The molecule has 0 saturated carbocycles. The van der Waals surface area contributed by atoms with E-state index < -0.39 is 6.09 Å². The van der Waals surface area contributed by atoms with Crippen molar-refractivity contribution in [1.29, 1.82) is 0 Å². The van der Waals surface area contributed by atoms with Crippen molar-refractivity contribution in [2.45, 2.75) is 13.0 Å². The van der Waals surface area contributed by atoms with Crippen molar-refractivity contribution >= 4 is 40.1 Å². The van der Waals surface area contributed by atoms with E-state index >= 15 is 0 Å². The van der Waals surface area contributed by atoms with Crippen LogP contribution in [0.4, 0.5) is 16.3 Å². The molecular weight excluding hydrogens is 418 g/mol. The Labute approximate surface area is 185 Å². The molecule has 1 unspecified atom stereocenters. The lowest BCUT2D eigenvalue weighted by Crippen LogP contribution is -2.53. The van der Waals surface area contributed by atoms with E-state index in [9.17, 15) is 4.79 Å². The van der Waals surface area contributed by atoms with Crippen molar-refractivity contribution < 1.29 is 14.3 Å². The van der Waals surface area contributed by atoms with Crippen molar-refractivity contribution in [2.24, 2.45) is 0 Å². The van der Waals surface area contributed by atoms with Crippen LogP contribution in [0.5, 0.6) is 11.5 Å². The molecule has 31 heavy (non-hydrogen) atoms. The lowest BCUT2D eigenvalue weighted by Gasteiger charge is -2.37. The summed E-state index contributed by atoms with van der Waals surface area (Å²) in [6, 6.07) is 10.8.